The van der Waals surface area contributed by atoms with Crippen LogP contribution in [0.25, 0.3) is 0 Å². The summed E-state index contributed by atoms with van der Waals surface area (Å²) < 4.78 is 0. The molecule has 2 rings (SSSR count). The summed E-state index contributed by atoms with van der Waals surface area (Å²) in [6.07, 6.45) is 4.17. The summed E-state index contributed by atoms with van der Waals surface area (Å²) in [6, 6.07) is 2.70. The molecule has 1 aromatic rings. The third kappa shape index (κ3) is 2.69. The lowest BCUT2D eigenvalue weighted by molar-refractivity contribution is 0.282. The standard InChI is InChI=1S/C14H20N4O/c1-10-11(2)16-17-14(13(10)9-15)18(7-4-8-19)12-5-3-6-12/h12,19H,3-8H2,1-2H3. The van der Waals surface area contributed by atoms with E-state index < -0.39 is 0 Å². The van der Waals surface area contributed by atoms with Crippen LogP contribution in [0, 0.1) is 25.2 Å². The molecule has 1 aromatic heterocycles. The summed E-state index contributed by atoms with van der Waals surface area (Å²) in [4.78, 5) is 2.15. The fraction of sp³-hybridized carbons (Fsp3) is 0.643. The lowest BCUT2D eigenvalue weighted by Crippen LogP contribution is -2.42. The summed E-state index contributed by atoms with van der Waals surface area (Å²) in [7, 11) is 0. The highest BCUT2D eigenvalue weighted by atomic mass is 16.3. The minimum atomic E-state index is 0.156. The van der Waals surface area contributed by atoms with E-state index in [1.165, 1.54) is 6.42 Å². The minimum Gasteiger partial charge on any atom is -0.396 e. The summed E-state index contributed by atoms with van der Waals surface area (Å²) in [6.45, 7) is 4.67. The van der Waals surface area contributed by atoms with Crippen molar-refractivity contribution in [3.63, 3.8) is 0 Å². The zero-order valence-electron chi connectivity index (χ0n) is 11.6. The van der Waals surface area contributed by atoms with Gasteiger partial charge in [-0.2, -0.15) is 10.4 Å². The first-order chi connectivity index (χ1) is 9.19. The van der Waals surface area contributed by atoms with Crippen molar-refractivity contribution in [2.45, 2.75) is 45.6 Å². The average Bonchev–Trinajstić information content (AvgIpc) is 2.35. The first-order valence-electron chi connectivity index (χ1n) is 6.80. The van der Waals surface area contributed by atoms with Crippen molar-refractivity contribution in [2.24, 2.45) is 0 Å². The molecule has 0 atom stereocenters. The molecule has 19 heavy (non-hydrogen) atoms. The first-order valence-corrected chi connectivity index (χ1v) is 6.80. The smallest absolute Gasteiger partial charge is 0.169 e. The number of nitrogens with zero attached hydrogens (tertiary/aromatic N) is 4. The Labute approximate surface area is 113 Å². The Balaban J connectivity index is 2.35. The molecule has 5 nitrogen and oxygen atoms in total. The van der Waals surface area contributed by atoms with Crippen LogP contribution in [-0.2, 0) is 0 Å². The average molecular weight is 260 g/mol. The molecule has 0 bridgehead atoms. The molecule has 0 aromatic carbocycles. The molecule has 0 aliphatic heterocycles. The fourth-order valence-electron chi connectivity index (χ4n) is 2.33. The van der Waals surface area contributed by atoms with E-state index in [9.17, 15) is 5.26 Å². The van der Waals surface area contributed by atoms with Gasteiger partial charge in [0.1, 0.15) is 11.6 Å². The van der Waals surface area contributed by atoms with Crippen molar-refractivity contribution in [2.75, 3.05) is 18.1 Å². The van der Waals surface area contributed by atoms with E-state index in [2.05, 4.69) is 21.2 Å². The van der Waals surface area contributed by atoms with Gasteiger partial charge in [-0.05, 0) is 45.1 Å². The van der Waals surface area contributed by atoms with Gasteiger partial charge in [-0.3, -0.25) is 0 Å². The zero-order valence-corrected chi connectivity index (χ0v) is 11.6. The Bertz CT molecular complexity index is 491. The largest absolute Gasteiger partial charge is 0.396 e. The van der Waals surface area contributed by atoms with Crippen LogP contribution in [0.2, 0.25) is 0 Å². The maximum absolute atomic E-state index is 9.38. The Morgan fingerprint density at radius 3 is 2.63 bits per heavy atom. The van der Waals surface area contributed by atoms with E-state index >= 15 is 0 Å². The molecule has 0 unspecified atom stereocenters. The van der Waals surface area contributed by atoms with Crippen LogP contribution >= 0.6 is 0 Å². The van der Waals surface area contributed by atoms with E-state index in [1.807, 2.05) is 13.8 Å². The van der Waals surface area contributed by atoms with Crippen LogP contribution in [0.1, 0.15) is 42.5 Å². The van der Waals surface area contributed by atoms with Crippen molar-refractivity contribution in [1.29, 1.82) is 5.26 Å². The predicted octanol–water partition coefficient (Wildman–Crippen LogP) is 1.71. The molecule has 102 valence electrons. The van der Waals surface area contributed by atoms with Crippen LogP contribution in [-0.4, -0.2) is 34.5 Å². The molecule has 1 fully saturated rings. The van der Waals surface area contributed by atoms with Gasteiger partial charge < -0.3 is 10.0 Å². The Kier molecular flexibility index (Phi) is 4.33. The molecule has 1 aliphatic carbocycles. The number of aliphatic hydroxyl groups excluding tert-OH is 1. The second-order valence-electron chi connectivity index (χ2n) is 5.08. The van der Waals surface area contributed by atoms with Gasteiger partial charge in [0.2, 0.25) is 0 Å². The Morgan fingerprint density at radius 2 is 2.11 bits per heavy atom. The number of rotatable bonds is 5. The summed E-state index contributed by atoms with van der Waals surface area (Å²) >= 11 is 0. The van der Waals surface area contributed by atoms with Gasteiger partial charge in [-0.1, -0.05) is 0 Å². The van der Waals surface area contributed by atoms with Gasteiger partial charge in [-0.15, -0.1) is 5.10 Å². The van der Waals surface area contributed by atoms with Crippen molar-refractivity contribution in [3.05, 3.63) is 16.8 Å². The van der Waals surface area contributed by atoms with Crippen molar-refractivity contribution in [3.8, 4) is 6.07 Å². The predicted molar refractivity (Wildman–Crippen MR) is 72.9 cm³/mol. The number of aliphatic hydroxyl groups is 1. The Hall–Kier alpha value is -1.67. The highest BCUT2D eigenvalue weighted by molar-refractivity contribution is 5.58. The van der Waals surface area contributed by atoms with Crippen LogP contribution in [0.3, 0.4) is 0 Å². The molecule has 0 saturated heterocycles. The molecule has 0 radical (unpaired) electrons. The molecule has 0 spiro atoms. The molecular formula is C14H20N4O. The van der Waals surface area contributed by atoms with Crippen LogP contribution in [0.15, 0.2) is 0 Å². The highest BCUT2D eigenvalue weighted by Crippen LogP contribution is 2.31. The molecule has 1 saturated carbocycles. The lowest BCUT2D eigenvalue weighted by Gasteiger charge is -2.38. The summed E-state index contributed by atoms with van der Waals surface area (Å²) in [5.41, 5.74) is 2.33. The van der Waals surface area contributed by atoms with Crippen molar-refractivity contribution < 1.29 is 5.11 Å². The molecule has 1 N–H and O–H groups in total. The quantitative estimate of drug-likeness (QED) is 0.872. The topological polar surface area (TPSA) is 73.0 Å². The summed E-state index contributed by atoms with van der Waals surface area (Å²) in [5.74, 6) is 0.684. The van der Waals surface area contributed by atoms with Crippen LogP contribution in [0.4, 0.5) is 5.82 Å². The molecule has 1 aliphatic rings. The zero-order chi connectivity index (χ0) is 13.8. The maximum atomic E-state index is 9.38. The Morgan fingerprint density at radius 1 is 1.37 bits per heavy atom. The van der Waals surface area contributed by atoms with E-state index in [-0.39, 0.29) is 6.61 Å². The minimum absolute atomic E-state index is 0.156. The number of hydrogen-bond donors (Lipinski definition) is 1. The molecule has 1 heterocycles. The van der Waals surface area contributed by atoms with E-state index in [0.717, 1.165) is 30.6 Å². The third-order valence-electron chi connectivity index (χ3n) is 3.89. The normalized spacial score (nSPS) is 14.8. The van der Waals surface area contributed by atoms with Gasteiger partial charge >= 0.3 is 0 Å². The van der Waals surface area contributed by atoms with Gasteiger partial charge in [0, 0.05) is 19.2 Å². The van der Waals surface area contributed by atoms with Crippen molar-refractivity contribution >= 4 is 5.82 Å². The van der Waals surface area contributed by atoms with Crippen LogP contribution < -0.4 is 4.90 Å². The number of aryl methyl sites for hydroxylation is 1. The molecule has 0 amide bonds. The SMILES string of the molecule is Cc1nnc(N(CCCO)C2CCC2)c(C#N)c1C. The number of nitriles is 1. The van der Waals surface area contributed by atoms with Crippen LogP contribution in [0.5, 0.6) is 0 Å². The number of hydrogen-bond acceptors (Lipinski definition) is 5. The monoisotopic (exact) mass is 260 g/mol. The summed E-state index contributed by atoms with van der Waals surface area (Å²) in [5, 5.41) is 26.8. The fourth-order valence-corrected chi connectivity index (χ4v) is 2.33. The highest BCUT2D eigenvalue weighted by Gasteiger charge is 2.28. The van der Waals surface area contributed by atoms with E-state index in [0.29, 0.717) is 23.8 Å². The van der Waals surface area contributed by atoms with Crippen molar-refractivity contribution in [1.82, 2.24) is 10.2 Å². The van der Waals surface area contributed by atoms with Gasteiger partial charge in [0.15, 0.2) is 5.82 Å². The second-order valence-corrected chi connectivity index (χ2v) is 5.08. The molecular weight excluding hydrogens is 240 g/mol. The van der Waals surface area contributed by atoms with E-state index in [4.69, 9.17) is 5.11 Å². The van der Waals surface area contributed by atoms with Gasteiger partial charge in [0.05, 0.1) is 5.69 Å². The number of anilines is 1. The third-order valence-corrected chi connectivity index (χ3v) is 3.89. The van der Waals surface area contributed by atoms with Gasteiger partial charge in [-0.25, -0.2) is 0 Å². The van der Waals surface area contributed by atoms with E-state index in [1.54, 1.807) is 0 Å². The maximum Gasteiger partial charge on any atom is 0.169 e. The lowest BCUT2D eigenvalue weighted by atomic mass is 9.91. The number of aromatic nitrogens is 2. The second kappa shape index (κ2) is 5.98. The first kappa shape index (κ1) is 13.8. The van der Waals surface area contributed by atoms with Gasteiger partial charge in [0.25, 0.3) is 0 Å². The molecule has 5 heteroatoms.